The molecule has 6 heteroatoms. The van der Waals surface area contributed by atoms with Crippen LogP contribution in [0, 0.1) is 0 Å². The zero-order valence-electron chi connectivity index (χ0n) is 10.1. The van der Waals surface area contributed by atoms with Gasteiger partial charge in [0.25, 0.3) is 5.24 Å². The van der Waals surface area contributed by atoms with Crippen LogP contribution in [-0.4, -0.2) is 14.8 Å². The highest BCUT2D eigenvalue weighted by Crippen LogP contribution is 2.37. The fourth-order valence-corrected chi connectivity index (χ4v) is 2.41. The molecule has 1 aliphatic rings. The predicted molar refractivity (Wildman–Crippen MR) is 81.2 cm³/mol. The van der Waals surface area contributed by atoms with Crippen molar-refractivity contribution >= 4 is 49.6 Å². The minimum atomic E-state index is -1.09. The molecule has 0 fully saturated rings. The van der Waals surface area contributed by atoms with Crippen LogP contribution in [0.3, 0.4) is 0 Å². The van der Waals surface area contributed by atoms with Crippen molar-refractivity contribution in [2.75, 3.05) is 0 Å². The molecule has 0 spiro atoms. The third-order valence-electron chi connectivity index (χ3n) is 2.76. The molecule has 0 aliphatic heterocycles. The summed E-state index contributed by atoms with van der Waals surface area (Å²) in [5, 5.41) is -1.24. The van der Waals surface area contributed by atoms with E-state index in [9.17, 15) is 9.59 Å². The highest BCUT2D eigenvalue weighted by molar-refractivity contribution is 9.10. The van der Waals surface area contributed by atoms with Crippen LogP contribution in [0.4, 0.5) is 0 Å². The number of hydrogen-bond donors (Lipinski definition) is 0. The maximum Gasteiger partial charge on any atom is 0.255 e. The third-order valence-corrected chi connectivity index (χ3v) is 4.43. The van der Waals surface area contributed by atoms with Crippen LogP contribution in [0.2, 0.25) is 0 Å². The van der Waals surface area contributed by atoms with Gasteiger partial charge in [-0.15, -0.1) is 0 Å². The van der Waals surface area contributed by atoms with E-state index in [1.54, 1.807) is 24.3 Å². The first-order valence-corrected chi connectivity index (χ1v) is 7.21. The van der Waals surface area contributed by atoms with Crippen molar-refractivity contribution in [3.63, 3.8) is 0 Å². The Morgan fingerprint density at radius 1 is 1.20 bits per heavy atom. The predicted octanol–water partition coefficient (Wildman–Crippen LogP) is 3.94. The van der Waals surface area contributed by atoms with Crippen molar-refractivity contribution < 1.29 is 14.3 Å². The van der Waals surface area contributed by atoms with E-state index in [2.05, 4.69) is 15.9 Å². The average Bonchev–Trinajstić information content (AvgIpc) is 2.39. The molecule has 0 heterocycles. The summed E-state index contributed by atoms with van der Waals surface area (Å²) in [6.45, 7) is 0. The number of carbonyl (C=O) groups is 2. The topological polar surface area (TPSA) is 43.4 Å². The van der Waals surface area contributed by atoms with Crippen LogP contribution in [0.1, 0.15) is 6.42 Å². The summed E-state index contributed by atoms with van der Waals surface area (Å²) in [5.41, 5.74) is 0.212. The van der Waals surface area contributed by atoms with Gasteiger partial charge in [-0.25, -0.2) is 0 Å². The van der Waals surface area contributed by atoms with Gasteiger partial charge in [-0.3, -0.25) is 9.59 Å². The Kier molecular flexibility index (Phi) is 4.68. The van der Waals surface area contributed by atoms with Gasteiger partial charge in [-0.1, -0.05) is 40.2 Å². The summed E-state index contributed by atoms with van der Waals surface area (Å²) in [5.74, 6) is 0.842. The molecule has 3 nitrogen and oxygen atoms in total. The number of benzene rings is 1. The molecule has 104 valence electrons. The van der Waals surface area contributed by atoms with E-state index < -0.39 is 14.8 Å². The summed E-state index contributed by atoms with van der Waals surface area (Å²) < 4.78 is 4.57. The number of allylic oxidation sites excluding steroid dienone is 4. The van der Waals surface area contributed by atoms with E-state index in [4.69, 9.17) is 27.9 Å². The zero-order valence-corrected chi connectivity index (χ0v) is 13.2. The number of hydrogen-bond acceptors (Lipinski definition) is 3. The molecule has 1 atom stereocenters. The SMILES string of the molecule is O=C(Cl)C1=C(Oc2ccccc2)CC(Br)(C(=O)Cl)C=C1. The number of para-hydroxylation sites is 1. The quantitative estimate of drug-likeness (QED) is 0.591. The van der Waals surface area contributed by atoms with E-state index in [0.717, 1.165) is 0 Å². The first-order chi connectivity index (χ1) is 9.42. The molecule has 1 aromatic carbocycles. The van der Waals surface area contributed by atoms with Gasteiger partial charge >= 0.3 is 0 Å². The van der Waals surface area contributed by atoms with Gasteiger partial charge in [0, 0.05) is 6.42 Å². The molecule has 0 bridgehead atoms. The van der Waals surface area contributed by atoms with Gasteiger partial charge in [0.2, 0.25) is 5.24 Å². The molecule has 0 saturated carbocycles. The van der Waals surface area contributed by atoms with Crippen LogP contribution in [-0.2, 0) is 9.59 Å². The second kappa shape index (κ2) is 6.12. The minimum Gasteiger partial charge on any atom is -0.461 e. The van der Waals surface area contributed by atoms with Crippen LogP contribution in [0.25, 0.3) is 0 Å². The molecular weight excluding hydrogens is 367 g/mol. The Bertz CT molecular complexity index is 610. The van der Waals surface area contributed by atoms with Gasteiger partial charge in [-0.05, 0) is 41.4 Å². The number of ether oxygens (including phenoxy) is 1. The molecule has 0 N–H and O–H groups in total. The summed E-state index contributed by atoms with van der Waals surface area (Å²) in [6.07, 6.45) is 3.04. The van der Waals surface area contributed by atoms with E-state index in [-0.39, 0.29) is 12.0 Å². The maximum atomic E-state index is 11.5. The van der Waals surface area contributed by atoms with Gasteiger partial charge < -0.3 is 4.74 Å². The number of rotatable bonds is 4. The molecule has 0 aromatic heterocycles. The molecule has 1 aromatic rings. The Balaban J connectivity index is 2.36. The number of carbonyl (C=O) groups excluding carboxylic acids is 2. The Hall–Kier alpha value is -1.10. The monoisotopic (exact) mass is 374 g/mol. The highest BCUT2D eigenvalue weighted by atomic mass is 79.9. The zero-order chi connectivity index (χ0) is 14.8. The highest BCUT2D eigenvalue weighted by Gasteiger charge is 2.37. The molecule has 1 aliphatic carbocycles. The molecule has 20 heavy (non-hydrogen) atoms. The van der Waals surface area contributed by atoms with Crippen molar-refractivity contribution in [2.24, 2.45) is 0 Å². The summed E-state index contributed by atoms with van der Waals surface area (Å²) >= 11 is 14.3. The summed E-state index contributed by atoms with van der Waals surface area (Å²) in [4.78, 5) is 22.9. The fourth-order valence-electron chi connectivity index (χ4n) is 1.73. The molecule has 0 saturated heterocycles. The Labute approximate surface area is 134 Å². The van der Waals surface area contributed by atoms with E-state index >= 15 is 0 Å². The lowest BCUT2D eigenvalue weighted by atomic mass is 9.96. The maximum absolute atomic E-state index is 11.5. The first-order valence-electron chi connectivity index (χ1n) is 5.66. The van der Waals surface area contributed by atoms with Crippen LogP contribution >= 0.6 is 39.1 Å². The van der Waals surface area contributed by atoms with Crippen molar-refractivity contribution in [3.05, 3.63) is 53.8 Å². The smallest absolute Gasteiger partial charge is 0.255 e. The standard InChI is InChI=1S/C14H9BrCl2O3/c15-14(13(17)19)7-6-10(12(16)18)11(8-14)20-9-4-2-1-3-5-9/h1-7H,8H2. The van der Waals surface area contributed by atoms with Crippen molar-refractivity contribution in [1.82, 2.24) is 0 Å². The van der Waals surface area contributed by atoms with Crippen molar-refractivity contribution in [1.29, 1.82) is 0 Å². The Morgan fingerprint density at radius 2 is 1.85 bits per heavy atom. The summed E-state index contributed by atoms with van der Waals surface area (Å²) in [7, 11) is 0. The van der Waals surface area contributed by atoms with E-state index in [0.29, 0.717) is 11.5 Å². The van der Waals surface area contributed by atoms with Crippen LogP contribution in [0.5, 0.6) is 5.75 Å². The fraction of sp³-hybridized carbons (Fsp3) is 0.143. The van der Waals surface area contributed by atoms with Gasteiger partial charge in [0.1, 0.15) is 15.8 Å². The largest absolute Gasteiger partial charge is 0.461 e. The molecule has 0 radical (unpaired) electrons. The molecule has 0 amide bonds. The average molecular weight is 376 g/mol. The third kappa shape index (κ3) is 3.32. The minimum absolute atomic E-state index is 0.106. The van der Waals surface area contributed by atoms with Crippen molar-refractivity contribution in [3.8, 4) is 5.75 Å². The lowest BCUT2D eigenvalue weighted by molar-refractivity contribution is -0.113. The Morgan fingerprint density at radius 3 is 2.40 bits per heavy atom. The van der Waals surface area contributed by atoms with Gasteiger partial charge in [-0.2, -0.15) is 0 Å². The van der Waals surface area contributed by atoms with E-state index in [1.807, 2.05) is 6.07 Å². The lowest BCUT2D eigenvalue weighted by Gasteiger charge is -2.25. The number of halogens is 3. The second-order valence-electron chi connectivity index (χ2n) is 4.17. The summed E-state index contributed by atoms with van der Waals surface area (Å²) in [6, 6.07) is 8.91. The lowest BCUT2D eigenvalue weighted by Crippen LogP contribution is -2.30. The van der Waals surface area contributed by atoms with Gasteiger partial charge in [0.15, 0.2) is 0 Å². The molecule has 1 unspecified atom stereocenters. The second-order valence-corrected chi connectivity index (χ2v) is 6.27. The van der Waals surface area contributed by atoms with Crippen molar-refractivity contribution in [2.45, 2.75) is 10.7 Å². The van der Waals surface area contributed by atoms with Crippen LogP contribution in [0.15, 0.2) is 53.8 Å². The number of alkyl halides is 1. The van der Waals surface area contributed by atoms with Gasteiger partial charge in [0.05, 0.1) is 5.57 Å². The molecular formula is C14H9BrCl2O3. The molecule has 2 rings (SSSR count). The van der Waals surface area contributed by atoms with E-state index in [1.165, 1.54) is 12.2 Å². The first kappa shape index (κ1) is 15.3. The van der Waals surface area contributed by atoms with Crippen LogP contribution < -0.4 is 4.74 Å². The normalized spacial score (nSPS) is 21.8.